The van der Waals surface area contributed by atoms with Gasteiger partial charge in [0.1, 0.15) is 6.54 Å². The lowest BCUT2D eigenvalue weighted by Crippen LogP contribution is -2.40. The van der Waals surface area contributed by atoms with E-state index in [2.05, 4.69) is 15.0 Å². The smallest absolute Gasteiger partial charge is 0.406 e. The van der Waals surface area contributed by atoms with Gasteiger partial charge < -0.3 is 15.4 Å². The third-order valence-corrected chi connectivity index (χ3v) is 2.29. The van der Waals surface area contributed by atoms with Gasteiger partial charge in [-0.3, -0.25) is 0 Å². The molecular formula is C11H18F3N5O. The third-order valence-electron chi connectivity index (χ3n) is 2.29. The van der Waals surface area contributed by atoms with Gasteiger partial charge in [-0.25, -0.2) is 0 Å². The topological polar surface area (TPSA) is 77.2 Å². The minimum absolute atomic E-state index is 0.0674. The van der Waals surface area contributed by atoms with Crippen LogP contribution in [0.25, 0.3) is 0 Å². The Kier molecular flexibility index (Phi) is 5.34. The van der Waals surface area contributed by atoms with E-state index in [4.69, 9.17) is 10.5 Å². The van der Waals surface area contributed by atoms with Crippen LogP contribution in [-0.4, -0.2) is 40.3 Å². The Balaban J connectivity index is 3.03. The van der Waals surface area contributed by atoms with Crippen molar-refractivity contribution in [3.05, 3.63) is 0 Å². The quantitative estimate of drug-likeness (QED) is 0.864. The van der Waals surface area contributed by atoms with E-state index in [1.54, 1.807) is 13.8 Å². The maximum atomic E-state index is 12.6. The second-order valence-corrected chi connectivity index (χ2v) is 4.46. The molecular weight excluding hydrogens is 275 g/mol. The summed E-state index contributed by atoms with van der Waals surface area (Å²) in [7, 11) is 0. The average molecular weight is 293 g/mol. The molecule has 1 aromatic rings. The minimum atomic E-state index is -4.36. The number of rotatable bonds is 6. The van der Waals surface area contributed by atoms with Crippen LogP contribution in [0.2, 0.25) is 0 Å². The minimum Gasteiger partial charge on any atom is -0.463 e. The highest BCUT2D eigenvalue weighted by Gasteiger charge is 2.33. The predicted molar refractivity (Wildman–Crippen MR) is 68.6 cm³/mol. The number of halogens is 3. The molecule has 0 radical (unpaired) electrons. The fourth-order valence-corrected chi connectivity index (χ4v) is 1.42. The maximum absolute atomic E-state index is 12.6. The molecule has 0 spiro atoms. The first-order valence-electron chi connectivity index (χ1n) is 6.20. The summed E-state index contributed by atoms with van der Waals surface area (Å²) in [6.45, 7) is 4.29. The molecule has 0 saturated heterocycles. The van der Waals surface area contributed by atoms with E-state index in [1.807, 2.05) is 6.92 Å². The van der Waals surface area contributed by atoms with E-state index in [9.17, 15) is 13.2 Å². The zero-order chi connectivity index (χ0) is 15.3. The lowest BCUT2D eigenvalue weighted by Gasteiger charge is -2.27. The molecule has 0 saturated carbocycles. The summed E-state index contributed by atoms with van der Waals surface area (Å²) < 4.78 is 42.9. The third kappa shape index (κ3) is 5.06. The van der Waals surface area contributed by atoms with E-state index in [0.29, 0.717) is 6.61 Å². The van der Waals surface area contributed by atoms with Crippen LogP contribution in [0, 0.1) is 0 Å². The predicted octanol–water partition coefficient (Wildman–Crippen LogP) is 2.02. The lowest BCUT2D eigenvalue weighted by atomic mass is 10.3. The molecule has 1 aromatic heterocycles. The second kappa shape index (κ2) is 6.58. The van der Waals surface area contributed by atoms with Crippen molar-refractivity contribution in [2.45, 2.75) is 39.4 Å². The highest BCUT2D eigenvalue weighted by atomic mass is 19.4. The molecule has 1 rings (SSSR count). The summed E-state index contributed by atoms with van der Waals surface area (Å²) in [6.07, 6.45) is -3.65. The molecule has 114 valence electrons. The fourth-order valence-electron chi connectivity index (χ4n) is 1.42. The molecule has 0 unspecified atom stereocenters. The van der Waals surface area contributed by atoms with Crippen molar-refractivity contribution in [3.63, 3.8) is 0 Å². The van der Waals surface area contributed by atoms with E-state index in [1.165, 1.54) is 0 Å². The van der Waals surface area contributed by atoms with Crippen molar-refractivity contribution in [2.75, 3.05) is 23.8 Å². The van der Waals surface area contributed by atoms with Crippen LogP contribution in [0.15, 0.2) is 0 Å². The summed E-state index contributed by atoms with van der Waals surface area (Å²) in [4.78, 5) is 12.4. The van der Waals surface area contributed by atoms with Crippen molar-refractivity contribution in [3.8, 4) is 6.01 Å². The normalized spacial score (nSPS) is 11.8. The number of nitrogen functional groups attached to an aromatic ring is 1. The molecule has 6 nitrogen and oxygen atoms in total. The SMILES string of the molecule is CCCOc1nc(N)nc(N(CC(F)(F)F)C(C)C)n1. The lowest BCUT2D eigenvalue weighted by molar-refractivity contribution is -0.120. The Morgan fingerprint density at radius 1 is 1.25 bits per heavy atom. The molecule has 0 aromatic carbocycles. The van der Waals surface area contributed by atoms with Crippen LogP contribution < -0.4 is 15.4 Å². The van der Waals surface area contributed by atoms with Crippen LogP contribution in [0.3, 0.4) is 0 Å². The maximum Gasteiger partial charge on any atom is 0.406 e. The molecule has 0 fully saturated rings. The van der Waals surface area contributed by atoms with Gasteiger partial charge in [0.15, 0.2) is 0 Å². The van der Waals surface area contributed by atoms with E-state index in [-0.39, 0.29) is 17.9 Å². The van der Waals surface area contributed by atoms with E-state index < -0.39 is 18.8 Å². The van der Waals surface area contributed by atoms with Gasteiger partial charge in [0.05, 0.1) is 6.61 Å². The van der Waals surface area contributed by atoms with Crippen LogP contribution in [-0.2, 0) is 0 Å². The van der Waals surface area contributed by atoms with Crippen molar-refractivity contribution >= 4 is 11.9 Å². The first kappa shape index (κ1) is 16.3. The molecule has 1 heterocycles. The number of ether oxygens (including phenoxy) is 1. The van der Waals surface area contributed by atoms with Crippen molar-refractivity contribution in [2.24, 2.45) is 0 Å². The summed E-state index contributed by atoms with van der Waals surface area (Å²) >= 11 is 0. The zero-order valence-corrected chi connectivity index (χ0v) is 11.6. The number of nitrogens with two attached hydrogens (primary N) is 1. The Labute approximate surface area is 115 Å². The van der Waals surface area contributed by atoms with Gasteiger partial charge in [-0.05, 0) is 20.3 Å². The molecule has 2 N–H and O–H groups in total. The average Bonchev–Trinajstić information content (AvgIpc) is 2.31. The van der Waals surface area contributed by atoms with Gasteiger partial charge in [-0.15, -0.1) is 0 Å². The van der Waals surface area contributed by atoms with Crippen LogP contribution >= 0.6 is 0 Å². The Morgan fingerprint density at radius 2 is 1.90 bits per heavy atom. The first-order valence-corrected chi connectivity index (χ1v) is 6.20. The molecule has 20 heavy (non-hydrogen) atoms. The van der Waals surface area contributed by atoms with E-state index in [0.717, 1.165) is 11.3 Å². The van der Waals surface area contributed by atoms with Gasteiger partial charge in [0.25, 0.3) is 0 Å². The Hall–Kier alpha value is -1.80. The number of nitrogens with zero attached hydrogens (tertiary/aromatic N) is 4. The van der Waals surface area contributed by atoms with E-state index >= 15 is 0 Å². The highest BCUT2D eigenvalue weighted by Crippen LogP contribution is 2.23. The molecule has 9 heteroatoms. The molecule has 0 aliphatic rings. The fraction of sp³-hybridized carbons (Fsp3) is 0.727. The van der Waals surface area contributed by atoms with Crippen LogP contribution in [0.1, 0.15) is 27.2 Å². The molecule has 0 amide bonds. The number of alkyl halides is 3. The monoisotopic (exact) mass is 293 g/mol. The summed E-state index contributed by atoms with van der Waals surface area (Å²) in [5.41, 5.74) is 5.48. The molecule has 0 aliphatic heterocycles. The molecule has 0 atom stereocenters. The molecule has 0 aliphatic carbocycles. The summed E-state index contributed by atoms with van der Waals surface area (Å²) in [5.74, 6) is -0.315. The van der Waals surface area contributed by atoms with Gasteiger partial charge in [0.2, 0.25) is 11.9 Å². The van der Waals surface area contributed by atoms with Crippen molar-refractivity contribution < 1.29 is 17.9 Å². The number of hydrogen-bond donors (Lipinski definition) is 1. The highest BCUT2D eigenvalue weighted by molar-refractivity contribution is 5.37. The first-order chi connectivity index (χ1) is 9.23. The van der Waals surface area contributed by atoms with Crippen molar-refractivity contribution in [1.29, 1.82) is 0 Å². The summed E-state index contributed by atoms with van der Waals surface area (Å²) in [6, 6.07) is -0.514. The van der Waals surface area contributed by atoms with Gasteiger partial charge in [0, 0.05) is 6.04 Å². The van der Waals surface area contributed by atoms with Crippen molar-refractivity contribution in [1.82, 2.24) is 15.0 Å². The number of hydrogen-bond acceptors (Lipinski definition) is 6. The van der Waals surface area contributed by atoms with Gasteiger partial charge in [-0.2, -0.15) is 28.1 Å². The largest absolute Gasteiger partial charge is 0.463 e. The standard InChI is InChI=1S/C11H18F3N5O/c1-4-5-20-10-17-8(15)16-9(18-10)19(7(2)3)6-11(12,13)14/h7H,4-6H2,1-3H3,(H2,15,16,17,18). The molecule has 0 bridgehead atoms. The number of aromatic nitrogens is 3. The number of anilines is 2. The second-order valence-electron chi connectivity index (χ2n) is 4.46. The van der Waals surface area contributed by atoms with Gasteiger partial charge >= 0.3 is 12.2 Å². The van der Waals surface area contributed by atoms with Crippen LogP contribution in [0.5, 0.6) is 6.01 Å². The van der Waals surface area contributed by atoms with Gasteiger partial charge in [-0.1, -0.05) is 6.92 Å². The zero-order valence-electron chi connectivity index (χ0n) is 11.6. The van der Waals surface area contributed by atoms with Crippen LogP contribution in [0.4, 0.5) is 25.1 Å². The Morgan fingerprint density at radius 3 is 2.40 bits per heavy atom. The summed E-state index contributed by atoms with van der Waals surface area (Å²) in [5, 5.41) is 0. The Bertz CT molecular complexity index is 439.